The standard InChI is InChI=1S/C6H7ClN2O2/c7-1-2-11-6(10)5-3-8-4-9-5/h3-4H,1-2H2,(H,8,9). The first-order valence-corrected chi connectivity index (χ1v) is 3.59. The van der Waals surface area contributed by atoms with Gasteiger partial charge in [-0.1, -0.05) is 0 Å². The number of imidazole rings is 1. The van der Waals surface area contributed by atoms with Crippen LogP contribution in [0, 0.1) is 0 Å². The van der Waals surface area contributed by atoms with Crippen LogP contribution in [0.4, 0.5) is 0 Å². The van der Waals surface area contributed by atoms with E-state index in [1.165, 1.54) is 12.5 Å². The van der Waals surface area contributed by atoms with Crippen molar-refractivity contribution < 1.29 is 9.53 Å². The number of hydrogen-bond acceptors (Lipinski definition) is 3. The molecule has 1 N–H and O–H groups in total. The van der Waals surface area contributed by atoms with Crippen LogP contribution in [0.2, 0.25) is 0 Å². The number of carbonyl (C=O) groups excluding carboxylic acids is 1. The van der Waals surface area contributed by atoms with Gasteiger partial charge in [-0.3, -0.25) is 0 Å². The number of esters is 1. The number of hydrogen-bond donors (Lipinski definition) is 1. The predicted octanol–water partition coefficient (Wildman–Crippen LogP) is 0.805. The molecule has 0 aliphatic heterocycles. The summed E-state index contributed by atoms with van der Waals surface area (Å²) in [5.41, 5.74) is 0.343. The molecule has 0 saturated heterocycles. The fourth-order valence-corrected chi connectivity index (χ4v) is 0.654. The summed E-state index contributed by atoms with van der Waals surface area (Å²) < 4.78 is 4.69. The molecule has 1 heterocycles. The zero-order chi connectivity index (χ0) is 8.10. The molecule has 1 rings (SSSR count). The van der Waals surface area contributed by atoms with E-state index in [9.17, 15) is 4.79 Å². The lowest BCUT2D eigenvalue weighted by molar-refractivity contribution is 0.0523. The second-order valence-corrected chi connectivity index (χ2v) is 2.17. The van der Waals surface area contributed by atoms with Crippen LogP contribution < -0.4 is 0 Å². The minimum Gasteiger partial charge on any atom is -0.460 e. The van der Waals surface area contributed by atoms with Crippen molar-refractivity contribution in [2.24, 2.45) is 0 Å². The van der Waals surface area contributed by atoms with Crippen LogP contribution in [0.15, 0.2) is 12.5 Å². The summed E-state index contributed by atoms with van der Waals surface area (Å²) in [6.07, 6.45) is 2.81. The van der Waals surface area contributed by atoms with Gasteiger partial charge in [0.2, 0.25) is 0 Å². The molecule has 0 aromatic carbocycles. The Hall–Kier alpha value is -1.03. The van der Waals surface area contributed by atoms with Gasteiger partial charge in [-0.15, -0.1) is 11.6 Å². The highest BCUT2D eigenvalue weighted by molar-refractivity contribution is 6.18. The molecule has 0 aliphatic rings. The molecule has 1 aromatic rings. The smallest absolute Gasteiger partial charge is 0.356 e. The van der Waals surface area contributed by atoms with Crippen LogP contribution in [-0.2, 0) is 4.74 Å². The second-order valence-electron chi connectivity index (χ2n) is 1.79. The lowest BCUT2D eigenvalue weighted by atomic mass is 10.5. The molecule has 0 bridgehead atoms. The summed E-state index contributed by atoms with van der Waals surface area (Å²) in [5, 5.41) is 0. The molecule has 11 heavy (non-hydrogen) atoms. The number of nitrogens with zero attached hydrogens (tertiary/aromatic N) is 1. The van der Waals surface area contributed by atoms with Gasteiger partial charge in [0.05, 0.1) is 18.4 Å². The van der Waals surface area contributed by atoms with E-state index in [-0.39, 0.29) is 6.61 Å². The summed E-state index contributed by atoms with van der Waals surface area (Å²) in [6.45, 7) is 0.222. The van der Waals surface area contributed by atoms with Crippen LogP contribution in [0.1, 0.15) is 10.5 Å². The third-order valence-corrected chi connectivity index (χ3v) is 1.18. The molecule has 0 unspecified atom stereocenters. The van der Waals surface area contributed by atoms with Crippen molar-refractivity contribution in [2.75, 3.05) is 12.5 Å². The van der Waals surface area contributed by atoms with E-state index < -0.39 is 5.97 Å². The average molecular weight is 175 g/mol. The van der Waals surface area contributed by atoms with Crippen molar-refractivity contribution >= 4 is 17.6 Å². The van der Waals surface area contributed by atoms with Gasteiger partial charge in [0.15, 0.2) is 0 Å². The Morgan fingerprint density at radius 1 is 1.82 bits per heavy atom. The lowest BCUT2D eigenvalue weighted by Gasteiger charge is -1.97. The van der Waals surface area contributed by atoms with E-state index in [2.05, 4.69) is 9.97 Å². The van der Waals surface area contributed by atoms with E-state index in [1.54, 1.807) is 0 Å². The largest absolute Gasteiger partial charge is 0.460 e. The number of H-pyrrole nitrogens is 1. The van der Waals surface area contributed by atoms with Gasteiger partial charge in [-0.05, 0) is 0 Å². The van der Waals surface area contributed by atoms with Gasteiger partial charge in [0.1, 0.15) is 12.3 Å². The van der Waals surface area contributed by atoms with Crippen LogP contribution >= 0.6 is 11.6 Å². The molecule has 60 valence electrons. The summed E-state index contributed by atoms with van der Waals surface area (Å²) in [6, 6.07) is 0. The van der Waals surface area contributed by atoms with Crippen molar-refractivity contribution in [3.8, 4) is 0 Å². The third-order valence-electron chi connectivity index (χ3n) is 1.03. The van der Waals surface area contributed by atoms with Gasteiger partial charge in [-0.2, -0.15) is 0 Å². The van der Waals surface area contributed by atoms with Crippen molar-refractivity contribution in [1.82, 2.24) is 9.97 Å². The molecule has 4 nitrogen and oxygen atoms in total. The highest BCUT2D eigenvalue weighted by Gasteiger charge is 2.06. The van der Waals surface area contributed by atoms with Crippen molar-refractivity contribution in [1.29, 1.82) is 0 Å². The van der Waals surface area contributed by atoms with Crippen LogP contribution in [0.3, 0.4) is 0 Å². The van der Waals surface area contributed by atoms with E-state index in [4.69, 9.17) is 16.3 Å². The highest BCUT2D eigenvalue weighted by Crippen LogP contribution is 1.94. The molecule has 1 aromatic heterocycles. The summed E-state index contributed by atoms with van der Waals surface area (Å²) in [7, 11) is 0. The first kappa shape index (κ1) is 8.07. The van der Waals surface area contributed by atoms with Crippen LogP contribution in [0.5, 0.6) is 0 Å². The Morgan fingerprint density at radius 2 is 2.64 bits per heavy atom. The Morgan fingerprint density at radius 3 is 3.18 bits per heavy atom. The van der Waals surface area contributed by atoms with E-state index in [0.717, 1.165) is 0 Å². The Balaban J connectivity index is 2.43. The quantitative estimate of drug-likeness (QED) is 0.545. The number of ether oxygens (including phenoxy) is 1. The molecule has 0 spiro atoms. The Kier molecular flexibility index (Phi) is 2.92. The molecule has 5 heteroatoms. The van der Waals surface area contributed by atoms with Crippen LogP contribution in [-0.4, -0.2) is 28.4 Å². The number of halogens is 1. The van der Waals surface area contributed by atoms with Gasteiger partial charge in [0.25, 0.3) is 0 Å². The van der Waals surface area contributed by atoms with Gasteiger partial charge < -0.3 is 9.72 Å². The van der Waals surface area contributed by atoms with E-state index in [1.807, 2.05) is 0 Å². The molecule has 0 atom stereocenters. The maximum Gasteiger partial charge on any atom is 0.356 e. The number of aromatic nitrogens is 2. The number of carbonyl (C=O) groups is 1. The Bertz CT molecular complexity index is 222. The second kappa shape index (κ2) is 3.98. The van der Waals surface area contributed by atoms with Crippen LogP contribution in [0.25, 0.3) is 0 Å². The van der Waals surface area contributed by atoms with Crippen molar-refractivity contribution in [3.05, 3.63) is 18.2 Å². The van der Waals surface area contributed by atoms with Gasteiger partial charge >= 0.3 is 5.97 Å². The maximum atomic E-state index is 10.9. The molecule has 0 radical (unpaired) electrons. The zero-order valence-corrected chi connectivity index (χ0v) is 6.47. The monoisotopic (exact) mass is 174 g/mol. The topological polar surface area (TPSA) is 55.0 Å². The predicted molar refractivity (Wildman–Crippen MR) is 39.6 cm³/mol. The molecule has 0 aliphatic carbocycles. The normalized spacial score (nSPS) is 9.55. The fourth-order valence-electron chi connectivity index (χ4n) is 0.577. The highest BCUT2D eigenvalue weighted by atomic mass is 35.5. The zero-order valence-electron chi connectivity index (χ0n) is 5.71. The van der Waals surface area contributed by atoms with Gasteiger partial charge in [0, 0.05) is 0 Å². The Labute approximate surface area is 68.5 Å². The average Bonchev–Trinajstić information content (AvgIpc) is 2.52. The lowest BCUT2D eigenvalue weighted by Crippen LogP contribution is -2.07. The fraction of sp³-hybridized carbons (Fsp3) is 0.333. The third kappa shape index (κ3) is 2.23. The SMILES string of the molecule is O=C(OCCCl)c1cnc[nH]1. The van der Waals surface area contributed by atoms with Crippen molar-refractivity contribution in [2.45, 2.75) is 0 Å². The summed E-state index contributed by atoms with van der Waals surface area (Å²) in [4.78, 5) is 17.2. The number of nitrogens with one attached hydrogen (secondary N) is 1. The number of aromatic amines is 1. The maximum absolute atomic E-state index is 10.9. The molecular formula is C6H7ClN2O2. The minimum absolute atomic E-state index is 0.222. The number of rotatable bonds is 3. The van der Waals surface area contributed by atoms with Crippen molar-refractivity contribution in [3.63, 3.8) is 0 Å². The number of alkyl halides is 1. The summed E-state index contributed by atoms with van der Waals surface area (Å²) in [5.74, 6) is -0.122. The molecule has 0 amide bonds. The van der Waals surface area contributed by atoms with Gasteiger partial charge in [-0.25, -0.2) is 9.78 Å². The first-order valence-electron chi connectivity index (χ1n) is 3.06. The summed E-state index contributed by atoms with van der Waals surface area (Å²) >= 11 is 5.30. The van der Waals surface area contributed by atoms with E-state index in [0.29, 0.717) is 11.6 Å². The first-order chi connectivity index (χ1) is 5.34. The molecule has 0 saturated carbocycles. The molecule has 0 fully saturated rings. The minimum atomic E-state index is -0.428. The molecular weight excluding hydrogens is 168 g/mol. The van der Waals surface area contributed by atoms with E-state index >= 15 is 0 Å².